The quantitative estimate of drug-likeness (QED) is 0.286. The minimum Gasteiger partial charge on any atom is -0.460 e. The molecule has 1 aliphatic rings. The third-order valence-corrected chi connectivity index (χ3v) is 6.60. The largest absolute Gasteiger partial charge is 0.460 e. The van der Waals surface area contributed by atoms with Gasteiger partial charge in [0.15, 0.2) is 0 Å². The fourth-order valence-corrected chi connectivity index (χ4v) is 4.52. The molecule has 8 heteroatoms. The van der Waals surface area contributed by atoms with Crippen LogP contribution in [-0.4, -0.2) is 65.4 Å². The first-order valence-electron chi connectivity index (χ1n) is 12.6. The highest BCUT2D eigenvalue weighted by molar-refractivity contribution is 5.94. The van der Waals surface area contributed by atoms with Crippen molar-refractivity contribution in [2.24, 2.45) is 0 Å². The van der Waals surface area contributed by atoms with E-state index in [1.807, 2.05) is 65.7 Å². The number of para-hydroxylation sites is 1. The number of aromatic nitrogens is 1. The van der Waals surface area contributed by atoms with Crippen LogP contribution < -0.4 is 4.74 Å². The fourth-order valence-electron chi connectivity index (χ4n) is 4.52. The monoisotopic (exact) mass is 511 g/mol. The lowest BCUT2D eigenvalue weighted by atomic mass is 10.1. The predicted molar refractivity (Wildman–Crippen MR) is 143 cm³/mol. The maximum absolute atomic E-state index is 13.0. The van der Waals surface area contributed by atoms with Crippen molar-refractivity contribution in [1.82, 2.24) is 14.8 Å². The Hall–Kier alpha value is -4.43. The summed E-state index contributed by atoms with van der Waals surface area (Å²) >= 11 is 0. The van der Waals surface area contributed by atoms with Gasteiger partial charge in [0.2, 0.25) is 0 Å². The smallest absolute Gasteiger partial charge is 0.320 e. The van der Waals surface area contributed by atoms with Crippen LogP contribution in [0.4, 0.5) is 0 Å². The molecule has 2 heterocycles. The second-order valence-corrected chi connectivity index (χ2v) is 9.25. The van der Waals surface area contributed by atoms with Crippen molar-refractivity contribution in [3.8, 4) is 5.75 Å². The van der Waals surface area contributed by atoms with Crippen LogP contribution in [0, 0.1) is 0 Å². The zero-order valence-corrected chi connectivity index (χ0v) is 21.0. The summed E-state index contributed by atoms with van der Waals surface area (Å²) in [7, 11) is 0. The summed E-state index contributed by atoms with van der Waals surface area (Å²) in [6.45, 7) is 2.68. The summed E-state index contributed by atoms with van der Waals surface area (Å²) in [4.78, 5) is 44.5. The van der Waals surface area contributed by atoms with E-state index in [-0.39, 0.29) is 37.4 Å². The average Bonchev–Trinajstić information content (AvgIpc) is 3.35. The van der Waals surface area contributed by atoms with E-state index in [9.17, 15) is 14.4 Å². The third kappa shape index (κ3) is 6.27. The molecule has 1 saturated heterocycles. The first-order chi connectivity index (χ1) is 18.5. The second-order valence-electron chi connectivity index (χ2n) is 9.25. The molecule has 4 aromatic rings. The molecule has 0 unspecified atom stereocenters. The van der Waals surface area contributed by atoms with Crippen LogP contribution in [0.2, 0.25) is 0 Å². The van der Waals surface area contributed by atoms with Gasteiger partial charge in [-0.2, -0.15) is 0 Å². The molecule has 194 valence electrons. The van der Waals surface area contributed by atoms with Gasteiger partial charge in [-0.1, -0.05) is 48.5 Å². The minimum atomic E-state index is -0.368. The number of hydrogen-bond donors (Lipinski definition) is 1. The van der Waals surface area contributed by atoms with E-state index < -0.39 is 0 Å². The molecule has 1 fully saturated rings. The van der Waals surface area contributed by atoms with Gasteiger partial charge >= 0.3 is 11.9 Å². The number of ether oxygens (including phenoxy) is 2. The topological polar surface area (TPSA) is 91.9 Å². The highest BCUT2D eigenvalue weighted by Gasteiger charge is 2.24. The van der Waals surface area contributed by atoms with Gasteiger partial charge in [-0.25, -0.2) is 0 Å². The van der Waals surface area contributed by atoms with Gasteiger partial charge in [0.05, 0.1) is 13.0 Å². The molecule has 0 atom stereocenters. The Morgan fingerprint density at radius 3 is 2.26 bits per heavy atom. The van der Waals surface area contributed by atoms with E-state index >= 15 is 0 Å². The second kappa shape index (κ2) is 11.7. The van der Waals surface area contributed by atoms with E-state index in [4.69, 9.17) is 9.47 Å². The number of H-pyrrole nitrogens is 1. The van der Waals surface area contributed by atoms with Crippen molar-refractivity contribution in [3.63, 3.8) is 0 Å². The van der Waals surface area contributed by atoms with E-state index in [2.05, 4.69) is 4.98 Å². The molecular weight excluding hydrogens is 482 g/mol. The molecule has 1 aliphatic heterocycles. The van der Waals surface area contributed by atoms with Crippen molar-refractivity contribution >= 4 is 28.7 Å². The number of nitrogens with one attached hydrogen (secondary N) is 1. The van der Waals surface area contributed by atoms with Gasteiger partial charge in [-0.3, -0.25) is 19.3 Å². The summed E-state index contributed by atoms with van der Waals surface area (Å²) in [5.41, 5.74) is 3.33. The van der Waals surface area contributed by atoms with Crippen molar-refractivity contribution in [3.05, 3.63) is 102 Å². The molecule has 0 radical (unpaired) electrons. The normalized spacial score (nSPS) is 13.8. The molecule has 1 aromatic heterocycles. The number of benzene rings is 3. The van der Waals surface area contributed by atoms with E-state index in [0.29, 0.717) is 37.5 Å². The van der Waals surface area contributed by atoms with Crippen molar-refractivity contribution in [2.75, 3.05) is 32.7 Å². The Morgan fingerprint density at radius 2 is 1.50 bits per heavy atom. The van der Waals surface area contributed by atoms with Crippen LogP contribution in [0.25, 0.3) is 10.9 Å². The molecule has 0 spiro atoms. The number of hydrogen-bond acceptors (Lipinski definition) is 6. The zero-order valence-electron chi connectivity index (χ0n) is 21.0. The third-order valence-electron chi connectivity index (χ3n) is 6.60. The van der Waals surface area contributed by atoms with Gasteiger partial charge < -0.3 is 19.4 Å². The summed E-state index contributed by atoms with van der Waals surface area (Å²) in [5.74, 6) is -0.339. The summed E-state index contributed by atoms with van der Waals surface area (Å²) in [6.07, 6.45) is 1.97. The van der Waals surface area contributed by atoms with Gasteiger partial charge in [-0.05, 0) is 41.5 Å². The number of esters is 2. The maximum atomic E-state index is 13.0. The summed E-state index contributed by atoms with van der Waals surface area (Å²) in [6, 6.07) is 24.0. The Labute approximate surface area is 220 Å². The lowest BCUT2D eigenvalue weighted by Gasteiger charge is -2.34. The Bertz CT molecular complexity index is 1410. The molecule has 0 aliphatic carbocycles. The Morgan fingerprint density at radius 1 is 0.789 bits per heavy atom. The van der Waals surface area contributed by atoms with E-state index in [1.165, 1.54) is 0 Å². The van der Waals surface area contributed by atoms with Crippen molar-refractivity contribution < 1.29 is 23.9 Å². The Kier molecular flexibility index (Phi) is 7.80. The predicted octanol–water partition coefficient (Wildman–Crippen LogP) is 3.82. The van der Waals surface area contributed by atoms with E-state index in [0.717, 1.165) is 22.0 Å². The molecule has 0 bridgehead atoms. The van der Waals surface area contributed by atoms with Crippen LogP contribution in [-0.2, 0) is 27.4 Å². The molecule has 0 saturated carbocycles. The van der Waals surface area contributed by atoms with Crippen LogP contribution in [0.5, 0.6) is 5.75 Å². The van der Waals surface area contributed by atoms with Crippen molar-refractivity contribution in [2.45, 2.75) is 13.0 Å². The van der Waals surface area contributed by atoms with Gasteiger partial charge in [0, 0.05) is 48.8 Å². The lowest BCUT2D eigenvalue weighted by Crippen LogP contribution is -2.50. The highest BCUT2D eigenvalue weighted by atomic mass is 16.5. The highest BCUT2D eigenvalue weighted by Crippen LogP contribution is 2.20. The van der Waals surface area contributed by atoms with E-state index in [1.54, 1.807) is 29.2 Å². The zero-order chi connectivity index (χ0) is 26.3. The number of nitrogens with zero attached hydrogens (tertiary/aromatic N) is 2. The number of carbonyl (C=O) groups excluding carboxylic acids is 3. The lowest BCUT2D eigenvalue weighted by molar-refractivity contribution is -0.146. The SMILES string of the molecule is O=C(CN1CCN(C(=O)c2ccc(OC(=O)Cc3c[nH]c4ccccc34)cc2)CC1)OCc1ccccc1. The Balaban J connectivity index is 1.07. The number of piperazine rings is 1. The molecule has 1 amide bonds. The number of carbonyl (C=O) groups is 3. The molecule has 1 N–H and O–H groups in total. The van der Waals surface area contributed by atoms with Gasteiger partial charge in [0.1, 0.15) is 12.4 Å². The molecule has 5 rings (SSSR count). The van der Waals surface area contributed by atoms with Crippen LogP contribution in [0.3, 0.4) is 0 Å². The summed E-state index contributed by atoms with van der Waals surface area (Å²) in [5, 5.41) is 0.995. The fraction of sp³-hybridized carbons (Fsp3) is 0.233. The van der Waals surface area contributed by atoms with Gasteiger partial charge in [0.25, 0.3) is 5.91 Å². The first-order valence-corrected chi connectivity index (χ1v) is 12.6. The molecular formula is C30H29N3O5. The number of amides is 1. The van der Waals surface area contributed by atoms with Crippen LogP contribution in [0.1, 0.15) is 21.5 Å². The number of rotatable bonds is 8. The van der Waals surface area contributed by atoms with Crippen molar-refractivity contribution in [1.29, 1.82) is 0 Å². The van der Waals surface area contributed by atoms with Crippen LogP contribution in [0.15, 0.2) is 85.1 Å². The number of fused-ring (bicyclic) bond motifs is 1. The number of aromatic amines is 1. The standard InChI is InChI=1S/C30H29N3O5/c34-28(18-24-19-31-27-9-5-4-8-26(24)27)38-25-12-10-23(11-13-25)30(36)33-16-14-32(15-17-33)20-29(35)37-21-22-6-2-1-3-7-22/h1-13,19,31H,14-18,20-21H2. The molecule has 38 heavy (non-hydrogen) atoms. The summed E-state index contributed by atoms with van der Waals surface area (Å²) < 4.78 is 10.9. The first kappa shape index (κ1) is 25.2. The minimum absolute atomic E-state index is 0.0898. The molecule has 8 nitrogen and oxygen atoms in total. The molecule has 3 aromatic carbocycles. The van der Waals surface area contributed by atoms with Gasteiger partial charge in [-0.15, -0.1) is 0 Å². The average molecular weight is 512 g/mol. The maximum Gasteiger partial charge on any atom is 0.320 e. The van der Waals surface area contributed by atoms with Crippen LogP contribution >= 0.6 is 0 Å².